The Hall–Kier alpha value is -2.49. The summed E-state index contributed by atoms with van der Waals surface area (Å²) in [6.07, 6.45) is 1.45. The summed E-state index contributed by atoms with van der Waals surface area (Å²) < 4.78 is 15.5. The van der Waals surface area contributed by atoms with Crippen molar-refractivity contribution in [3.05, 3.63) is 53.1 Å². The highest BCUT2D eigenvalue weighted by atomic mass is 16.5. The van der Waals surface area contributed by atoms with E-state index in [0.717, 1.165) is 17.4 Å². The van der Waals surface area contributed by atoms with Crippen molar-refractivity contribution in [3.63, 3.8) is 0 Å². The Bertz CT molecular complexity index is 593. The summed E-state index contributed by atoms with van der Waals surface area (Å²) in [4.78, 5) is 10.1. The molecule has 4 nitrogen and oxygen atoms in total. The van der Waals surface area contributed by atoms with Gasteiger partial charge in [-0.2, -0.15) is 0 Å². The van der Waals surface area contributed by atoms with Crippen molar-refractivity contribution in [2.45, 2.75) is 20.3 Å². The van der Waals surface area contributed by atoms with Crippen LogP contribution in [0.2, 0.25) is 0 Å². The third-order valence-electron chi connectivity index (χ3n) is 3.25. The first kappa shape index (κ1) is 18.6. The normalized spacial score (nSPS) is 9.43. The molecule has 0 saturated carbocycles. The Kier molecular flexibility index (Phi) is 7.67. The van der Waals surface area contributed by atoms with Gasteiger partial charge in [-0.05, 0) is 37.1 Å². The van der Waals surface area contributed by atoms with Gasteiger partial charge in [0.2, 0.25) is 5.75 Å². The summed E-state index contributed by atoms with van der Waals surface area (Å²) in [7, 11) is 4.81. The average molecular weight is 316 g/mol. The van der Waals surface area contributed by atoms with Gasteiger partial charge >= 0.3 is 0 Å². The summed E-state index contributed by atoms with van der Waals surface area (Å²) in [5, 5.41) is 0. The number of hydrogen-bond donors (Lipinski definition) is 0. The van der Waals surface area contributed by atoms with Gasteiger partial charge in [0.05, 0.1) is 21.3 Å². The Morgan fingerprint density at radius 1 is 0.826 bits per heavy atom. The molecule has 0 N–H and O–H groups in total. The molecule has 0 amide bonds. The minimum atomic E-state index is 0.528. The second kappa shape index (κ2) is 9.51. The van der Waals surface area contributed by atoms with Gasteiger partial charge in [0.15, 0.2) is 11.5 Å². The monoisotopic (exact) mass is 316 g/mol. The van der Waals surface area contributed by atoms with Crippen LogP contribution >= 0.6 is 0 Å². The predicted molar refractivity (Wildman–Crippen MR) is 91.8 cm³/mol. The van der Waals surface area contributed by atoms with Crippen LogP contribution in [0.3, 0.4) is 0 Å². The molecule has 2 aromatic rings. The Labute approximate surface area is 138 Å². The lowest BCUT2D eigenvalue weighted by Crippen LogP contribution is -1.95. The van der Waals surface area contributed by atoms with E-state index in [0.29, 0.717) is 23.7 Å². The second-order valence-corrected chi connectivity index (χ2v) is 5.06. The van der Waals surface area contributed by atoms with Gasteiger partial charge in [0, 0.05) is 6.42 Å². The van der Waals surface area contributed by atoms with Crippen molar-refractivity contribution in [3.8, 4) is 17.2 Å². The largest absolute Gasteiger partial charge is 0.493 e. The van der Waals surface area contributed by atoms with E-state index in [1.807, 2.05) is 50.2 Å². The van der Waals surface area contributed by atoms with Gasteiger partial charge in [-0.25, -0.2) is 0 Å². The van der Waals surface area contributed by atoms with Crippen LogP contribution in [-0.4, -0.2) is 27.6 Å². The van der Waals surface area contributed by atoms with Crippen molar-refractivity contribution < 1.29 is 19.0 Å². The average Bonchev–Trinajstić information content (AvgIpc) is 2.56. The maximum absolute atomic E-state index is 10.1. The molecular weight excluding hydrogens is 292 g/mol. The number of ether oxygens (including phenoxy) is 3. The number of rotatable bonds is 5. The van der Waals surface area contributed by atoms with Crippen molar-refractivity contribution in [1.82, 2.24) is 0 Å². The van der Waals surface area contributed by atoms with Crippen LogP contribution in [0.4, 0.5) is 0 Å². The minimum Gasteiger partial charge on any atom is -0.493 e. The summed E-state index contributed by atoms with van der Waals surface area (Å²) in [6, 6.07) is 11.8. The SMILES string of the molecule is COc1cc(C)cc(OC)c1OC.Cc1ccc(CC=O)cc1. The highest BCUT2D eigenvalue weighted by molar-refractivity contribution is 5.55. The molecule has 0 atom stereocenters. The van der Waals surface area contributed by atoms with Gasteiger partial charge in [0.1, 0.15) is 6.29 Å². The standard InChI is InChI=1S/C10H14O3.C9H10O/c1-7-5-8(11-2)10(13-4)9(6-7)12-3;1-8-2-4-9(5-3-8)6-7-10/h5-6H,1-4H3;2-5,7H,6H2,1H3. The van der Waals surface area contributed by atoms with Crippen LogP contribution in [0.15, 0.2) is 36.4 Å². The zero-order chi connectivity index (χ0) is 17.2. The maximum atomic E-state index is 10.1. The van der Waals surface area contributed by atoms with E-state index in [9.17, 15) is 4.79 Å². The lowest BCUT2D eigenvalue weighted by molar-refractivity contribution is -0.107. The van der Waals surface area contributed by atoms with Crippen LogP contribution in [0.1, 0.15) is 16.7 Å². The van der Waals surface area contributed by atoms with E-state index in [-0.39, 0.29) is 0 Å². The van der Waals surface area contributed by atoms with Crippen LogP contribution in [0, 0.1) is 13.8 Å². The van der Waals surface area contributed by atoms with Crippen LogP contribution < -0.4 is 14.2 Å². The molecule has 0 spiro atoms. The van der Waals surface area contributed by atoms with Crippen LogP contribution in [-0.2, 0) is 11.2 Å². The third kappa shape index (κ3) is 5.66. The number of carbonyl (C=O) groups is 1. The molecule has 0 bridgehead atoms. The molecule has 0 aliphatic carbocycles. The molecule has 0 saturated heterocycles. The summed E-state index contributed by atoms with van der Waals surface area (Å²) in [6.45, 7) is 4.01. The van der Waals surface area contributed by atoms with Gasteiger partial charge in [0.25, 0.3) is 0 Å². The fourth-order valence-corrected chi connectivity index (χ4v) is 2.03. The molecule has 2 rings (SSSR count). The molecule has 0 aliphatic heterocycles. The molecule has 0 aliphatic rings. The molecule has 124 valence electrons. The molecule has 23 heavy (non-hydrogen) atoms. The summed E-state index contributed by atoms with van der Waals surface area (Å²) in [5.74, 6) is 2.02. The van der Waals surface area contributed by atoms with E-state index in [4.69, 9.17) is 14.2 Å². The molecular formula is C19H24O4. The van der Waals surface area contributed by atoms with Crippen molar-refractivity contribution in [2.75, 3.05) is 21.3 Å². The molecule has 0 aromatic heterocycles. The maximum Gasteiger partial charge on any atom is 0.203 e. The third-order valence-corrected chi connectivity index (χ3v) is 3.25. The topological polar surface area (TPSA) is 44.8 Å². The molecule has 0 radical (unpaired) electrons. The number of carbonyl (C=O) groups excluding carboxylic acids is 1. The van der Waals surface area contributed by atoms with Crippen molar-refractivity contribution >= 4 is 6.29 Å². The number of hydrogen-bond acceptors (Lipinski definition) is 4. The Balaban J connectivity index is 0.000000238. The molecule has 4 heteroatoms. The lowest BCUT2D eigenvalue weighted by Gasteiger charge is -2.12. The zero-order valence-corrected chi connectivity index (χ0v) is 14.4. The van der Waals surface area contributed by atoms with Crippen LogP contribution in [0.25, 0.3) is 0 Å². The van der Waals surface area contributed by atoms with Gasteiger partial charge in [-0.1, -0.05) is 29.8 Å². The van der Waals surface area contributed by atoms with E-state index >= 15 is 0 Å². The highest BCUT2D eigenvalue weighted by Gasteiger charge is 2.10. The quantitative estimate of drug-likeness (QED) is 0.788. The first-order valence-corrected chi connectivity index (χ1v) is 7.31. The first-order chi connectivity index (χ1) is 11.0. The Morgan fingerprint density at radius 3 is 1.74 bits per heavy atom. The predicted octanol–water partition coefficient (Wildman–Crippen LogP) is 3.76. The van der Waals surface area contributed by atoms with E-state index in [1.54, 1.807) is 21.3 Å². The Morgan fingerprint density at radius 2 is 1.35 bits per heavy atom. The molecule has 0 unspecified atom stereocenters. The second-order valence-electron chi connectivity index (χ2n) is 5.06. The van der Waals surface area contributed by atoms with Crippen molar-refractivity contribution in [1.29, 1.82) is 0 Å². The first-order valence-electron chi connectivity index (χ1n) is 7.31. The number of aryl methyl sites for hydroxylation is 2. The zero-order valence-electron chi connectivity index (χ0n) is 14.4. The number of aldehydes is 1. The van der Waals surface area contributed by atoms with Gasteiger partial charge in [-0.15, -0.1) is 0 Å². The lowest BCUT2D eigenvalue weighted by atomic mass is 10.1. The van der Waals surface area contributed by atoms with E-state index in [1.165, 1.54) is 5.56 Å². The van der Waals surface area contributed by atoms with Gasteiger partial charge in [-0.3, -0.25) is 0 Å². The summed E-state index contributed by atoms with van der Waals surface area (Å²) in [5.41, 5.74) is 3.39. The minimum absolute atomic E-state index is 0.528. The smallest absolute Gasteiger partial charge is 0.203 e. The van der Waals surface area contributed by atoms with E-state index < -0.39 is 0 Å². The van der Waals surface area contributed by atoms with Gasteiger partial charge < -0.3 is 19.0 Å². The number of benzene rings is 2. The molecule has 0 heterocycles. The van der Waals surface area contributed by atoms with Crippen LogP contribution in [0.5, 0.6) is 17.2 Å². The molecule has 2 aromatic carbocycles. The van der Waals surface area contributed by atoms with E-state index in [2.05, 4.69) is 0 Å². The summed E-state index contributed by atoms with van der Waals surface area (Å²) >= 11 is 0. The van der Waals surface area contributed by atoms with Crippen molar-refractivity contribution in [2.24, 2.45) is 0 Å². The fourth-order valence-electron chi connectivity index (χ4n) is 2.03. The highest BCUT2D eigenvalue weighted by Crippen LogP contribution is 2.37. The fraction of sp³-hybridized carbons (Fsp3) is 0.316. The molecule has 0 fully saturated rings. The number of methoxy groups -OCH3 is 3.